The lowest BCUT2D eigenvalue weighted by molar-refractivity contribution is 0.529. The smallest absolute Gasteiger partial charge is 0.0164 e. The molecule has 2 aliphatic heterocycles. The first-order chi connectivity index (χ1) is 6.79. The number of hydrogen-bond donors (Lipinski definition) is 2. The summed E-state index contributed by atoms with van der Waals surface area (Å²) in [4.78, 5) is 0. The van der Waals surface area contributed by atoms with Gasteiger partial charge in [0.05, 0.1) is 0 Å². The molecule has 0 aromatic heterocycles. The molecule has 0 bridgehead atoms. The largest absolute Gasteiger partial charge is 0.391 e. The molecule has 14 heavy (non-hydrogen) atoms. The van der Waals surface area contributed by atoms with Crippen molar-refractivity contribution in [3.05, 3.63) is 22.9 Å². The van der Waals surface area contributed by atoms with Gasteiger partial charge in [0.15, 0.2) is 0 Å². The van der Waals surface area contributed by atoms with E-state index in [1.807, 2.05) is 0 Å². The van der Waals surface area contributed by atoms with Gasteiger partial charge in [0.1, 0.15) is 0 Å². The van der Waals surface area contributed by atoms with E-state index >= 15 is 0 Å². The Labute approximate surface area is 86.5 Å². The van der Waals surface area contributed by atoms with Gasteiger partial charge < -0.3 is 10.6 Å². The molecule has 2 heterocycles. The average molecular weight is 192 g/mol. The van der Waals surface area contributed by atoms with Crippen molar-refractivity contribution in [3.8, 4) is 0 Å². The molecule has 0 saturated carbocycles. The topological polar surface area (TPSA) is 24.1 Å². The van der Waals surface area contributed by atoms with Crippen LogP contribution in [0.2, 0.25) is 0 Å². The van der Waals surface area contributed by atoms with Gasteiger partial charge in [0.2, 0.25) is 0 Å². The van der Waals surface area contributed by atoms with Crippen LogP contribution < -0.4 is 10.6 Å². The molecule has 0 amide bonds. The second kappa shape index (κ2) is 4.18. The van der Waals surface area contributed by atoms with Crippen molar-refractivity contribution in [2.24, 2.45) is 5.92 Å². The maximum absolute atomic E-state index is 3.43. The van der Waals surface area contributed by atoms with Gasteiger partial charge >= 0.3 is 0 Å². The van der Waals surface area contributed by atoms with E-state index in [1.54, 1.807) is 11.1 Å². The molecule has 0 spiro atoms. The zero-order valence-corrected chi connectivity index (χ0v) is 9.19. The van der Waals surface area contributed by atoms with Crippen molar-refractivity contribution in [2.45, 2.75) is 26.7 Å². The van der Waals surface area contributed by atoms with Crippen LogP contribution in [0.4, 0.5) is 0 Å². The number of allylic oxidation sites excluding steroid dienone is 1. The molecule has 2 heteroatoms. The summed E-state index contributed by atoms with van der Waals surface area (Å²) in [5.74, 6) is 0.721. The van der Waals surface area contributed by atoms with Crippen LogP contribution in [-0.2, 0) is 0 Å². The summed E-state index contributed by atoms with van der Waals surface area (Å²) in [7, 11) is 0. The highest BCUT2D eigenvalue weighted by Crippen LogP contribution is 2.30. The van der Waals surface area contributed by atoms with Gasteiger partial charge in [0.25, 0.3) is 0 Å². The minimum absolute atomic E-state index is 0.721. The fourth-order valence-electron chi connectivity index (χ4n) is 2.54. The Morgan fingerprint density at radius 2 is 2.14 bits per heavy atom. The predicted molar refractivity (Wildman–Crippen MR) is 60.1 cm³/mol. The summed E-state index contributed by atoms with van der Waals surface area (Å²) >= 11 is 0. The first kappa shape index (κ1) is 9.78. The highest BCUT2D eigenvalue weighted by molar-refractivity contribution is 5.28. The lowest BCUT2D eigenvalue weighted by Gasteiger charge is -2.30. The minimum atomic E-state index is 0.721. The van der Waals surface area contributed by atoms with Gasteiger partial charge in [-0.15, -0.1) is 0 Å². The molecule has 0 radical (unpaired) electrons. The van der Waals surface area contributed by atoms with Gasteiger partial charge in [0, 0.05) is 19.0 Å². The molecule has 1 atom stereocenters. The molecule has 2 N–H and O–H groups in total. The summed E-state index contributed by atoms with van der Waals surface area (Å²) < 4.78 is 0. The van der Waals surface area contributed by atoms with Crippen LogP contribution in [0.5, 0.6) is 0 Å². The van der Waals surface area contributed by atoms with Crippen LogP contribution in [0.1, 0.15) is 26.7 Å². The van der Waals surface area contributed by atoms with Crippen molar-refractivity contribution in [1.29, 1.82) is 0 Å². The molecule has 0 saturated heterocycles. The number of rotatable bonds is 1. The average Bonchev–Trinajstić information content (AvgIpc) is 2.20. The molecule has 0 aromatic carbocycles. The second-order valence-electron chi connectivity index (χ2n) is 4.42. The van der Waals surface area contributed by atoms with Crippen LogP contribution in [0, 0.1) is 5.92 Å². The summed E-state index contributed by atoms with van der Waals surface area (Å²) in [5.41, 5.74) is 4.77. The maximum Gasteiger partial charge on any atom is 0.0164 e. The third kappa shape index (κ3) is 1.85. The van der Waals surface area contributed by atoms with Crippen LogP contribution in [-0.4, -0.2) is 19.6 Å². The quantitative estimate of drug-likeness (QED) is 0.619. The van der Waals surface area contributed by atoms with Crippen LogP contribution in [0.3, 0.4) is 0 Å². The van der Waals surface area contributed by atoms with Crippen molar-refractivity contribution in [3.63, 3.8) is 0 Å². The Morgan fingerprint density at radius 3 is 2.86 bits per heavy atom. The Hall–Kier alpha value is -0.760. The van der Waals surface area contributed by atoms with E-state index in [2.05, 4.69) is 30.7 Å². The van der Waals surface area contributed by atoms with Crippen molar-refractivity contribution in [2.75, 3.05) is 19.6 Å². The van der Waals surface area contributed by atoms with Gasteiger partial charge in [-0.1, -0.05) is 16.7 Å². The molecule has 0 aliphatic carbocycles. The molecule has 78 valence electrons. The Kier molecular flexibility index (Phi) is 2.92. The van der Waals surface area contributed by atoms with Crippen molar-refractivity contribution in [1.82, 2.24) is 10.6 Å². The Bertz CT molecular complexity index is 276. The summed E-state index contributed by atoms with van der Waals surface area (Å²) in [6.07, 6.45) is 4.70. The van der Waals surface area contributed by atoms with Crippen molar-refractivity contribution >= 4 is 0 Å². The lowest BCUT2D eigenvalue weighted by Crippen LogP contribution is -2.30. The zero-order chi connectivity index (χ0) is 9.97. The summed E-state index contributed by atoms with van der Waals surface area (Å²) in [6, 6.07) is 0. The fraction of sp³-hybridized carbons (Fsp3) is 0.667. The van der Waals surface area contributed by atoms with Crippen LogP contribution in [0.15, 0.2) is 22.9 Å². The summed E-state index contributed by atoms with van der Waals surface area (Å²) in [6.45, 7) is 7.90. The first-order valence-electron chi connectivity index (χ1n) is 5.58. The van der Waals surface area contributed by atoms with E-state index in [0.717, 1.165) is 25.6 Å². The van der Waals surface area contributed by atoms with E-state index in [4.69, 9.17) is 0 Å². The number of hydrogen-bond acceptors (Lipinski definition) is 2. The molecular weight excluding hydrogens is 172 g/mol. The van der Waals surface area contributed by atoms with Crippen LogP contribution >= 0.6 is 0 Å². The van der Waals surface area contributed by atoms with E-state index in [0.29, 0.717) is 0 Å². The molecule has 0 aromatic rings. The van der Waals surface area contributed by atoms with Gasteiger partial charge in [-0.05, 0) is 39.4 Å². The van der Waals surface area contributed by atoms with E-state index in [1.165, 1.54) is 18.4 Å². The predicted octanol–water partition coefficient (Wildman–Crippen LogP) is 1.81. The highest BCUT2D eigenvalue weighted by atomic mass is 14.9. The molecule has 2 aliphatic rings. The third-order valence-electron chi connectivity index (χ3n) is 3.39. The molecule has 1 unspecified atom stereocenters. The Morgan fingerprint density at radius 1 is 1.29 bits per heavy atom. The monoisotopic (exact) mass is 192 g/mol. The van der Waals surface area contributed by atoms with E-state index in [-0.39, 0.29) is 0 Å². The van der Waals surface area contributed by atoms with E-state index < -0.39 is 0 Å². The SMILES string of the molecule is CC1=CNCCC1C1=C(C)CNCC1. The first-order valence-corrected chi connectivity index (χ1v) is 5.58. The fourth-order valence-corrected chi connectivity index (χ4v) is 2.54. The lowest BCUT2D eigenvalue weighted by atomic mass is 9.82. The molecule has 0 fully saturated rings. The third-order valence-corrected chi connectivity index (χ3v) is 3.39. The van der Waals surface area contributed by atoms with Gasteiger partial charge in [-0.2, -0.15) is 0 Å². The maximum atomic E-state index is 3.43. The minimum Gasteiger partial charge on any atom is -0.391 e. The zero-order valence-electron chi connectivity index (χ0n) is 9.19. The number of nitrogens with one attached hydrogen (secondary N) is 2. The standard InChI is InChI=1S/C12H20N2/c1-9-7-13-5-3-11(9)12-4-6-14-8-10(12)2/h7,11,13-14H,3-6,8H2,1-2H3. The van der Waals surface area contributed by atoms with Gasteiger partial charge in [-0.25, -0.2) is 0 Å². The van der Waals surface area contributed by atoms with Gasteiger partial charge in [-0.3, -0.25) is 0 Å². The molecular formula is C12H20N2. The molecule has 2 nitrogen and oxygen atoms in total. The van der Waals surface area contributed by atoms with E-state index in [9.17, 15) is 0 Å². The Balaban J connectivity index is 2.20. The summed E-state index contributed by atoms with van der Waals surface area (Å²) in [5, 5.41) is 6.74. The van der Waals surface area contributed by atoms with Crippen LogP contribution in [0.25, 0.3) is 0 Å². The second-order valence-corrected chi connectivity index (χ2v) is 4.42. The normalized spacial score (nSPS) is 28.4. The van der Waals surface area contributed by atoms with Crippen molar-refractivity contribution < 1.29 is 0 Å². The highest BCUT2D eigenvalue weighted by Gasteiger charge is 2.21. The molecule has 2 rings (SSSR count).